The number of rotatable bonds is 1. The second-order valence-corrected chi connectivity index (χ2v) is 6.40. The van der Waals surface area contributed by atoms with Crippen LogP contribution >= 0.6 is 31.9 Å². The van der Waals surface area contributed by atoms with Crippen molar-refractivity contribution < 1.29 is 9.90 Å². The maximum Gasteiger partial charge on any atom is 0.192 e. The van der Waals surface area contributed by atoms with E-state index in [2.05, 4.69) is 31.9 Å². The van der Waals surface area contributed by atoms with Gasteiger partial charge in [-0.25, -0.2) is 0 Å². The standard InChI is InChI=1S/C15H10Br2O2/c16-9-3-1-8(2-4-9)13-12-7-10(17)5-6-11(12)14(18)15(13)19/h1-7,13,15,19H/t13-,15-/m1/s1. The molecule has 2 nitrogen and oxygen atoms in total. The van der Waals surface area contributed by atoms with Crippen LogP contribution in [-0.4, -0.2) is 17.0 Å². The fourth-order valence-electron chi connectivity index (χ4n) is 2.53. The zero-order valence-electron chi connectivity index (χ0n) is 9.81. The summed E-state index contributed by atoms with van der Waals surface area (Å²) in [6, 6.07) is 13.2. The molecule has 2 aromatic carbocycles. The van der Waals surface area contributed by atoms with Crippen molar-refractivity contribution in [2.75, 3.05) is 0 Å². The predicted octanol–water partition coefficient (Wildman–Crippen LogP) is 3.90. The Labute approximate surface area is 127 Å². The minimum atomic E-state index is -0.995. The van der Waals surface area contributed by atoms with E-state index in [1.165, 1.54) is 0 Å². The lowest BCUT2D eigenvalue weighted by Crippen LogP contribution is -2.20. The van der Waals surface area contributed by atoms with E-state index in [1.54, 1.807) is 6.07 Å². The maximum absolute atomic E-state index is 12.1. The van der Waals surface area contributed by atoms with Gasteiger partial charge in [-0.3, -0.25) is 4.79 Å². The zero-order valence-corrected chi connectivity index (χ0v) is 13.0. The first-order valence-corrected chi connectivity index (χ1v) is 7.44. The molecule has 0 radical (unpaired) electrons. The Hall–Kier alpha value is -0.970. The van der Waals surface area contributed by atoms with Gasteiger partial charge in [0, 0.05) is 20.4 Å². The van der Waals surface area contributed by atoms with Gasteiger partial charge in [0.05, 0.1) is 0 Å². The Bertz CT molecular complexity index is 650. The molecule has 2 aromatic rings. The number of carbonyl (C=O) groups is 1. The number of aliphatic hydroxyl groups is 1. The first-order valence-electron chi connectivity index (χ1n) is 5.85. The maximum atomic E-state index is 12.1. The fourth-order valence-corrected chi connectivity index (χ4v) is 3.17. The molecule has 1 N–H and O–H groups in total. The zero-order chi connectivity index (χ0) is 13.6. The van der Waals surface area contributed by atoms with E-state index in [1.807, 2.05) is 36.4 Å². The van der Waals surface area contributed by atoms with Crippen molar-refractivity contribution in [3.05, 3.63) is 68.1 Å². The van der Waals surface area contributed by atoms with E-state index in [0.29, 0.717) is 5.56 Å². The first kappa shape index (κ1) is 13.0. The second-order valence-electron chi connectivity index (χ2n) is 4.57. The highest BCUT2D eigenvalue weighted by Crippen LogP contribution is 2.39. The number of ketones is 1. The van der Waals surface area contributed by atoms with Crippen molar-refractivity contribution in [3.8, 4) is 0 Å². The van der Waals surface area contributed by atoms with Gasteiger partial charge in [-0.1, -0.05) is 44.0 Å². The summed E-state index contributed by atoms with van der Waals surface area (Å²) in [4.78, 5) is 12.1. The van der Waals surface area contributed by atoms with Gasteiger partial charge in [-0.05, 0) is 41.5 Å². The molecule has 0 heterocycles. The molecule has 0 saturated heterocycles. The third-order valence-corrected chi connectivity index (χ3v) is 4.45. The number of hydrogen-bond acceptors (Lipinski definition) is 2. The molecule has 1 aliphatic carbocycles. The number of hydrogen-bond donors (Lipinski definition) is 1. The van der Waals surface area contributed by atoms with Gasteiger partial charge in [0.1, 0.15) is 6.10 Å². The molecule has 4 heteroatoms. The molecule has 3 rings (SSSR count). The molecule has 0 saturated carbocycles. The minimum absolute atomic E-state index is 0.199. The smallest absolute Gasteiger partial charge is 0.192 e. The molecule has 1 aliphatic rings. The second kappa shape index (κ2) is 4.85. The topological polar surface area (TPSA) is 37.3 Å². The van der Waals surface area contributed by atoms with Gasteiger partial charge in [-0.15, -0.1) is 0 Å². The van der Waals surface area contributed by atoms with Crippen LogP contribution in [-0.2, 0) is 0 Å². The van der Waals surface area contributed by atoms with Crippen molar-refractivity contribution in [3.63, 3.8) is 0 Å². The lowest BCUT2D eigenvalue weighted by Gasteiger charge is -2.15. The third kappa shape index (κ3) is 2.18. The summed E-state index contributed by atoms with van der Waals surface area (Å²) >= 11 is 6.80. The lowest BCUT2D eigenvalue weighted by atomic mass is 9.91. The Morgan fingerprint density at radius 2 is 1.58 bits per heavy atom. The van der Waals surface area contributed by atoms with E-state index in [9.17, 15) is 9.90 Å². The third-order valence-electron chi connectivity index (χ3n) is 3.43. The van der Waals surface area contributed by atoms with Crippen LogP contribution in [0, 0.1) is 0 Å². The molecule has 2 atom stereocenters. The average Bonchev–Trinajstić information content (AvgIpc) is 2.63. The summed E-state index contributed by atoms with van der Waals surface area (Å²) < 4.78 is 1.89. The molecule has 0 aromatic heterocycles. The van der Waals surface area contributed by atoms with Gasteiger partial charge >= 0.3 is 0 Å². The Kier molecular flexibility index (Phi) is 3.33. The van der Waals surface area contributed by atoms with Crippen LogP contribution in [0.1, 0.15) is 27.4 Å². The molecule has 0 fully saturated rings. The quantitative estimate of drug-likeness (QED) is 0.813. The number of halogens is 2. The van der Waals surface area contributed by atoms with Crippen LogP contribution in [0.2, 0.25) is 0 Å². The SMILES string of the molecule is O=C1c2ccc(Br)cc2[C@@H](c2ccc(Br)cc2)[C@H]1O. The fraction of sp³-hybridized carbons (Fsp3) is 0.133. The van der Waals surface area contributed by atoms with Gasteiger partial charge < -0.3 is 5.11 Å². The Morgan fingerprint density at radius 3 is 2.26 bits per heavy atom. The molecule has 0 unspecified atom stereocenters. The highest BCUT2D eigenvalue weighted by atomic mass is 79.9. The van der Waals surface area contributed by atoms with Crippen LogP contribution in [0.3, 0.4) is 0 Å². The number of fused-ring (bicyclic) bond motifs is 1. The largest absolute Gasteiger partial charge is 0.384 e. The Balaban J connectivity index is 2.15. The molecule has 0 spiro atoms. The predicted molar refractivity (Wildman–Crippen MR) is 80.5 cm³/mol. The molecule has 0 aliphatic heterocycles. The molecular weight excluding hydrogens is 372 g/mol. The summed E-state index contributed by atoms with van der Waals surface area (Å²) in [7, 11) is 0. The summed E-state index contributed by atoms with van der Waals surface area (Å²) in [5.74, 6) is -0.483. The lowest BCUT2D eigenvalue weighted by molar-refractivity contribution is 0.0754. The van der Waals surface area contributed by atoms with Crippen LogP contribution in [0.25, 0.3) is 0 Å². The number of benzene rings is 2. The van der Waals surface area contributed by atoms with Crippen LogP contribution in [0.4, 0.5) is 0 Å². The molecule has 19 heavy (non-hydrogen) atoms. The van der Waals surface area contributed by atoms with E-state index >= 15 is 0 Å². The molecule has 0 bridgehead atoms. The van der Waals surface area contributed by atoms with Crippen LogP contribution < -0.4 is 0 Å². The van der Waals surface area contributed by atoms with E-state index in [0.717, 1.165) is 20.1 Å². The summed E-state index contributed by atoms with van der Waals surface area (Å²) in [6.45, 7) is 0. The van der Waals surface area contributed by atoms with Crippen LogP contribution in [0.5, 0.6) is 0 Å². The van der Waals surface area contributed by atoms with Crippen molar-refractivity contribution in [2.24, 2.45) is 0 Å². The van der Waals surface area contributed by atoms with E-state index in [-0.39, 0.29) is 11.7 Å². The highest BCUT2D eigenvalue weighted by Gasteiger charge is 2.39. The summed E-state index contributed by atoms with van der Waals surface area (Å²) in [6.07, 6.45) is -0.995. The number of carbonyl (C=O) groups excluding carboxylic acids is 1. The monoisotopic (exact) mass is 380 g/mol. The number of Topliss-reactive ketones (excluding diaryl/α,β-unsaturated/α-hetero) is 1. The van der Waals surface area contributed by atoms with Crippen molar-refractivity contribution >= 4 is 37.6 Å². The van der Waals surface area contributed by atoms with Crippen molar-refractivity contribution in [1.29, 1.82) is 0 Å². The summed E-state index contributed by atoms with van der Waals surface area (Å²) in [5, 5.41) is 10.2. The molecular formula is C15H10Br2O2. The first-order chi connectivity index (χ1) is 9.08. The van der Waals surface area contributed by atoms with Gasteiger partial charge in [0.15, 0.2) is 5.78 Å². The van der Waals surface area contributed by atoms with Gasteiger partial charge in [0.2, 0.25) is 0 Å². The normalized spacial score (nSPS) is 21.5. The van der Waals surface area contributed by atoms with Crippen molar-refractivity contribution in [2.45, 2.75) is 12.0 Å². The van der Waals surface area contributed by atoms with Crippen molar-refractivity contribution in [1.82, 2.24) is 0 Å². The summed E-state index contributed by atoms with van der Waals surface area (Å²) in [5.41, 5.74) is 2.44. The van der Waals surface area contributed by atoms with E-state index in [4.69, 9.17) is 0 Å². The molecule has 96 valence electrons. The molecule has 0 amide bonds. The van der Waals surface area contributed by atoms with Gasteiger partial charge in [0.25, 0.3) is 0 Å². The minimum Gasteiger partial charge on any atom is -0.384 e. The number of aliphatic hydroxyl groups excluding tert-OH is 1. The van der Waals surface area contributed by atoms with Gasteiger partial charge in [-0.2, -0.15) is 0 Å². The van der Waals surface area contributed by atoms with Crippen LogP contribution in [0.15, 0.2) is 51.4 Å². The Morgan fingerprint density at radius 1 is 0.947 bits per heavy atom. The highest BCUT2D eigenvalue weighted by molar-refractivity contribution is 9.10. The van der Waals surface area contributed by atoms with E-state index < -0.39 is 6.10 Å². The average molecular weight is 382 g/mol.